The van der Waals surface area contributed by atoms with Crippen molar-refractivity contribution in [2.75, 3.05) is 13.7 Å². The van der Waals surface area contributed by atoms with E-state index in [1.807, 2.05) is 77.2 Å². The molecule has 1 unspecified atom stereocenters. The van der Waals surface area contributed by atoms with Crippen LogP contribution in [0, 0.1) is 24.4 Å². The van der Waals surface area contributed by atoms with Crippen molar-refractivity contribution in [2.24, 2.45) is 5.16 Å². The summed E-state index contributed by atoms with van der Waals surface area (Å²) in [4.78, 5) is 12.3. The molecule has 6 rings (SSSR count). The number of piperidine rings is 1. The lowest BCUT2D eigenvalue weighted by Crippen LogP contribution is -2.45. The number of oxime groups is 1. The summed E-state index contributed by atoms with van der Waals surface area (Å²) in [5.41, 5.74) is 4.65. The lowest BCUT2D eigenvalue weighted by atomic mass is 9.90. The molecule has 2 aliphatic heterocycles. The van der Waals surface area contributed by atoms with Crippen molar-refractivity contribution in [3.8, 4) is 11.4 Å². The van der Waals surface area contributed by atoms with Gasteiger partial charge in [0.25, 0.3) is 0 Å². The zero-order valence-corrected chi connectivity index (χ0v) is 22.0. The van der Waals surface area contributed by atoms with Gasteiger partial charge in [-0.05, 0) is 72.4 Å². The van der Waals surface area contributed by atoms with Crippen molar-refractivity contribution in [3.63, 3.8) is 0 Å². The van der Waals surface area contributed by atoms with Crippen molar-refractivity contribution in [1.29, 1.82) is 0 Å². The van der Waals surface area contributed by atoms with E-state index in [1.54, 1.807) is 13.4 Å². The summed E-state index contributed by atoms with van der Waals surface area (Å²) in [6.45, 7) is 2.52. The number of methoxy groups -OCH3 is 1. The van der Waals surface area contributed by atoms with Gasteiger partial charge >= 0.3 is 0 Å². The number of nitrogens with zero attached hydrogens (tertiary/aromatic N) is 4. The van der Waals surface area contributed by atoms with Crippen LogP contribution < -0.4 is 4.74 Å². The summed E-state index contributed by atoms with van der Waals surface area (Å²) < 4.78 is 50.3. The molecule has 0 saturated carbocycles. The molecule has 1 saturated heterocycles. The molecule has 9 heteroatoms. The molecule has 2 aliphatic rings. The molecule has 4 aromatic rings. The zero-order chi connectivity index (χ0) is 27.8. The molecule has 3 heterocycles. The highest BCUT2D eigenvalue weighted by molar-refractivity contribution is 6.03. The van der Waals surface area contributed by atoms with E-state index < -0.39 is 29.6 Å². The smallest absolute Gasteiger partial charge is 0.194 e. The largest absolute Gasteiger partial charge is 0.495 e. The second kappa shape index (κ2) is 10.6. The molecule has 0 bridgehead atoms. The van der Waals surface area contributed by atoms with Gasteiger partial charge in [0, 0.05) is 12.7 Å². The lowest BCUT2D eigenvalue weighted by Gasteiger charge is -2.44. The lowest BCUT2D eigenvalue weighted by molar-refractivity contribution is -0.0233. The Labute approximate surface area is 230 Å². The molecule has 40 heavy (non-hydrogen) atoms. The van der Waals surface area contributed by atoms with E-state index in [0.29, 0.717) is 18.1 Å². The molecule has 1 fully saturated rings. The first kappa shape index (κ1) is 25.7. The van der Waals surface area contributed by atoms with Crippen LogP contribution in [0.1, 0.15) is 47.4 Å². The van der Waals surface area contributed by atoms with E-state index in [-0.39, 0.29) is 5.56 Å². The summed E-state index contributed by atoms with van der Waals surface area (Å²) in [6.07, 6.45) is 6.56. The quantitative estimate of drug-likeness (QED) is 0.256. The molecule has 204 valence electrons. The third kappa shape index (κ3) is 4.72. The second-order valence-electron chi connectivity index (χ2n) is 9.92. The summed E-state index contributed by atoms with van der Waals surface area (Å²) >= 11 is 0. The molecule has 3 aromatic carbocycles. The first-order valence-electron chi connectivity index (χ1n) is 13.0. The van der Waals surface area contributed by atoms with Crippen LogP contribution in [0.25, 0.3) is 11.8 Å². The van der Waals surface area contributed by atoms with E-state index in [9.17, 15) is 13.2 Å². The van der Waals surface area contributed by atoms with Crippen LogP contribution >= 0.6 is 0 Å². The van der Waals surface area contributed by atoms with Crippen LogP contribution in [0.15, 0.2) is 83.9 Å². The predicted octanol–water partition coefficient (Wildman–Crippen LogP) is 6.91. The van der Waals surface area contributed by atoms with Gasteiger partial charge in [-0.2, -0.15) is 0 Å². The molecule has 0 aliphatic carbocycles. The number of imidazole rings is 1. The number of benzene rings is 3. The fraction of sp³-hybridized carbons (Fsp3) is 0.226. The molecular formula is C31H27F3N4O2. The fourth-order valence-electron chi connectivity index (χ4n) is 5.43. The number of halogens is 3. The van der Waals surface area contributed by atoms with Gasteiger partial charge in [-0.3, -0.25) is 0 Å². The van der Waals surface area contributed by atoms with E-state index in [0.717, 1.165) is 53.1 Å². The highest BCUT2D eigenvalue weighted by Gasteiger charge is 2.41. The highest BCUT2D eigenvalue weighted by atomic mass is 19.2. The van der Waals surface area contributed by atoms with Gasteiger partial charge in [0.05, 0.1) is 30.9 Å². The van der Waals surface area contributed by atoms with Gasteiger partial charge in [-0.1, -0.05) is 41.6 Å². The summed E-state index contributed by atoms with van der Waals surface area (Å²) in [5, 5.41) is 4.50. The zero-order valence-electron chi connectivity index (χ0n) is 22.0. The van der Waals surface area contributed by atoms with E-state index in [2.05, 4.69) is 10.1 Å². The van der Waals surface area contributed by atoms with E-state index >= 15 is 0 Å². The van der Waals surface area contributed by atoms with Crippen LogP contribution in [-0.2, 0) is 4.84 Å². The Morgan fingerprint density at radius 2 is 1.77 bits per heavy atom. The summed E-state index contributed by atoms with van der Waals surface area (Å²) in [6, 6.07) is 16.7. The first-order chi connectivity index (χ1) is 19.4. The molecule has 0 N–H and O–H groups in total. The molecule has 1 aromatic heterocycles. The van der Waals surface area contributed by atoms with Crippen LogP contribution in [0.3, 0.4) is 0 Å². The Kier molecular flexibility index (Phi) is 6.79. The van der Waals surface area contributed by atoms with Gasteiger partial charge in [-0.25, -0.2) is 18.2 Å². The summed E-state index contributed by atoms with van der Waals surface area (Å²) in [7, 11) is 1.62. The second-order valence-corrected chi connectivity index (χ2v) is 9.92. The number of ether oxygens (including phenoxy) is 1. The normalized spacial score (nSPS) is 19.7. The van der Waals surface area contributed by atoms with Crippen LogP contribution in [-0.4, -0.2) is 33.9 Å². The van der Waals surface area contributed by atoms with Gasteiger partial charge in [0.15, 0.2) is 29.4 Å². The van der Waals surface area contributed by atoms with Crippen molar-refractivity contribution in [3.05, 3.63) is 119 Å². The maximum atomic E-state index is 14.4. The van der Waals surface area contributed by atoms with Gasteiger partial charge in [0.2, 0.25) is 0 Å². The van der Waals surface area contributed by atoms with Gasteiger partial charge in [-0.15, -0.1) is 0 Å². The Bertz CT molecular complexity index is 1590. The number of hydrogen-bond donors (Lipinski definition) is 0. The minimum absolute atomic E-state index is 0.278. The van der Waals surface area contributed by atoms with E-state index in [1.165, 1.54) is 0 Å². The molecule has 0 radical (unpaired) electrons. The fourth-order valence-corrected chi connectivity index (χ4v) is 5.43. The minimum atomic E-state index is -1.49. The van der Waals surface area contributed by atoms with Crippen LogP contribution in [0.2, 0.25) is 0 Å². The molecule has 0 amide bonds. The van der Waals surface area contributed by atoms with Gasteiger partial charge in [0.1, 0.15) is 5.75 Å². The molecular weight excluding hydrogens is 517 g/mol. The number of rotatable bonds is 5. The van der Waals surface area contributed by atoms with Crippen LogP contribution in [0.4, 0.5) is 13.2 Å². The Hall–Kier alpha value is -4.53. The monoisotopic (exact) mass is 544 g/mol. The molecule has 6 nitrogen and oxygen atoms in total. The first-order valence-corrected chi connectivity index (χ1v) is 13.0. The minimum Gasteiger partial charge on any atom is -0.495 e. The number of hydrogen-bond acceptors (Lipinski definition) is 5. The average Bonchev–Trinajstić information content (AvgIpc) is 3.41. The maximum absolute atomic E-state index is 14.4. The van der Waals surface area contributed by atoms with Crippen molar-refractivity contribution in [1.82, 2.24) is 14.5 Å². The third-order valence-electron chi connectivity index (χ3n) is 7.29. The molecule has 2 atom stereocenters. The van der Waals surface area contributed by atoms with Crippen molar-refractivity contribution in [2.45, 2.75) is 31.9 Å². The SMILES string of the molecule is COc1cc(/C=C2\CCCN3C2=NOC(c2ccccc2)[C@@H]3c2cc(F)c(F)c(F)c2)ccc1-n1cnc(C)c1. The Balaban J connectivity index is 1.40. The summed E-state index contributed by atoms with van der Waals surface area (Å²) in [5.74, 6) is -2.70. The third-order valence-corrected chi connectivity index (χ3v) is 7.29. The number of aromatic nitrogens is 2. The number of amidine groups is 1. The molecule has 0 spiro atoms. The van der Waals surface area contributed by atoms with E-state index in [4.69, 9.17) is 9.57 Å². The predicted molar refractivity (Wildman–Crippen MR) is 146 cm³/mol. The topological polar surface area (TPSA) is 51.9 Å². The van der Waals surface area contributed by atoms with Crippen LogP contribution in [0.5, 0.6) is 5.75 Å². The average molecular weight is 545 g/mol. The Morgan fingerprint density at radius 1 is 1.00 bits per heavy atom. The number of fused-ring (bicyclic) bond motifs is 1. The van der Waals surface area contributed by atoms with Gasteiger partial charge < -0.3 is 19.0 Å². The Morgan fingerprint density at radius 3 is 2.48 bits per heavy atom. The standard InChI is InChI=1S/C31H27F3N4O2/c1-19-17-37(18-35-19)26-11-10-20(14-27(26)39-2)13-22-9-6-12-38-29(23-15-24(32)28(34)25(33)16-23)30(40-36-31(22)38)21-7-4-3-5-8-21/h3-5,7-8,10-11,13-18,29-30H,6,9,12H2,1-2H3/b22-13+/t29-,30?/m0/s1. The number of aryl methyl sites for hydroxylation is 1. The maximum Gasteiger partial charge on any atom is 0.194 e. The highest BCUT2D eigenvalue weighted by Crippen LogP contribution is 2.44. The van der Waals surface area contributed by atoms with Crippen molar-refractivity contribution < 1.29 is 22.7 Å². The van der Waals surface area contributed by atoms with Crippen molar-refractivity contribution >= 4 is 11.9 Å².